The summed E-state index contributed by atoms with van der Waals surface area (Å²) in [7, 11) is 1.55. The molecule has 1 aliphatic heterocycles. The molecule has 0 bridgehead atoms. The van der Waals surface area contributed by atoms with Crippen molar-refractivity contribution in [2.45, 2.75) is 96.0 Å². The minimum Gasteiger partial charge on any atom is -0.397 e. The van der Waals surface area contributed by atoms with Gasteiger partial charge in [-0.15, -0.1) is 0 Å². The van der Waals surface area contributed by atoms with Crippen LogP contribution in [0.3, 0.4) is 0 Å². The molecule has 2 unspecified atom stereocenters. The molecular formula is C19H37NO4Si. The molecule has 2 aliphatic rings. The van der Waals surface area contributed by atoms with Crippen LogP contribution in [-0.4, -0.2) is 51.4 Å². The van der Waals surface area contributed by atoms with Crippen LogP contribution in [0.1, 0.15) is 59.8 Å². The first-order valence-corrected chi connectivity index (χ1v) is 12.5. The van der Waals surface area contributed by atoms with E-state index >= 15 is 0 Å². The van der Waals surface area contributed by atoms with Gasteiger partial charge in [0, 0.05) is 39.5 Å². The van der Waals surface area contributed by atoms with Gasteiger partial charge in [0.1, 0.15) is 6.23 Å². The summed E-state index contributed by atoms with van der Waals surface area (Å²) in [5.41, 5.74) is 0. The SMILES string of the molecule is COC1(OC)CCC(C2CC(=O)N2C(C)O[Si](C)(C)C(C)(C)C)CC1. The highest BCUT2D eigenvalue weighted by Crippen LogP contribution is 2.43. The Labute approximate surface area is 154 Å². The lowest BCUT2D eigenvalue weighted by molar-refractivity contribution is -0.232. The predicted molar refractivity (Wildman–Crippen MR) is 102 cm³/mol. The van der Waals surface area contributed by atoms with Crippen molar-refractivity contribution in [3.63, 3.8) is 0 Å². The van der Waals surface area contributed by atoms with E-state index in [9.17, 15) is 4.79 Å². The van der Waals surface area contributed by atoms with Gasteiger partial charge in [0.2, 0.25) is 5.91 Å². The van der Waals surface area contributed by atoms with E-state index in [1.165, 1.54) is 0 Å². The number of hydrogen-bond donors (Lipinski definition) is 0. The number of hydrogen-bond acceptors (Lipinski definition) is 4. The lowest BCUT2D eigenvalue weighted by Crippen LogP contribution is -2.63. The molecule has 0 aromatic heterocycles. The Morgan fingerprint density at radius 3 is 2.08 bits per heavy atom. The van der Waals surface area contributed by atoms with Crippen LogP contribution in [0.25, 0.3) is 0 Å². The maximum Gasteiger partial charge on any atom is 0.226 e. The monoisotopic (exact) mass is 371 g/mol. The van der Waals surface area contributed by atoms with Crippen LogP contribution in [0.4, 0.5) is 0 Å². The average molecular weight is 372 g/mol. The highest BCUT2D eigenvalue weighted by Gasteiger charge is 2.49. The number of β-lactam (4-membered cyclic amide) rings is 1. The van der Waals surface area contributed by atoms with Gasteiger partial charge in [-0.05, 0) is 43.8 Å². The van der Waals surface area contributed by atoms with Gasteiger partial charge in [0.15, 0.2) is 14.1 Å². The van der Waals surface area contributed by atoms with Crippen molar-refractivity contribution in [3.05, 3.63) is 0 Å². The number of methoxy groups -OCH3 is 2. The quantitative estimate of drug-likeness (QED) is 0.400. The first kappa shape index (κ1) is 20.9. The van der Waals surface area contributed by atoms with E-state index in [4.69, 9.17) is 13.9 Å². The summed E-state index contributed by atoms with van der Waals surface area (Å²) in [6.45, 7) is 13.2. The second-order valence-electron chi connectivity index (χ2n) is 9.21. The van der Waals surface area contributed by atoms with Crippen molar-refractivity contribution < 1.29 is 18.7 Å². The molecule has 2 rings (SSSR count). The van der Waals surface area contributed by atoms with E-state index in [-0.39, 0.29) is 17.2 Å². The van der Waals surface area contributed by atoms with Gasteiger partial charge >= 0.3 is 0 Å². The fourth-order valence-corrected chi connectivity index (χ4v) is 5.26. The zero-order valence-corrected chi connectivity index (χ0v) is 18.3. The number of carbonyl (C=O) groups excluding carboxylic acids is 1. The van der Waals surface area contributed by atoms with Gasteiger partial charge in [-0.1, -0.05) is 20.8 Å². The molecule has 0 radical (unpaired) electrons. The van der Waals surface area contributed by atoms with Crippen LogP contribution in [-0.2, 0) is 18.7 Å². The van der Waals surface area contributed by atoms with Gasteiger partial charge in [0.25, 0.3) is 0 Å². The van der Waals surface area contributed by atoms with Crippen molar-refractivity contribution in [3.8, 4) is 0 Å². The second kappa shape index (κ2) is 7.29. The van der Waals surface area contributed by atoms with Gasteiger partial charge in [-0.2, -0.15) is 0 Å². The fourth-order valence-electron chi connectivity index (χ4n) is 3.94. The van der Waals surface area contributed by atoms with E-state index in [1.807, 2.05) is 11.8 Å². The van der Waals surface area contributed by atoms with Crippen molar-refractivity contribution in [2.75, 3.05) is 14.2 Å². The molecule has 1 saturated carbocycles. The zero-order chi connectivity index (χ0) is 19.0. The topological polar surface area (TPSA) is 48.0 Å². The molecule has 1 saturated heterocycles. The van der Waals surface area contributed by atoms with E-state index in [0.29, 0.717) is 18.4 Å². The maximum absolute atomic E-state index is 12.3. The fraction of sp³-hybridized carbons (Fsp3) is 0.947. The van der Waals surface area contributed by atoms with Crippen molar-refractivity contribution in [1.82, 2.24) is 4.90 Å². The Balaban J connectivity index is 1.99. The molecule has 25 heavy (non-hydrogen) atoms. The number of ether oxygens (including phenoxy) is 2. The standard InChI is InChI=1S/C19H37NO4Si/c1-14(24-25(7,8)18(2,3)4)20-16(13-17(20)21)15-9-11-19(22-5,23-6)12-10-15/h14-16H,9-13H2,1-8H3. The Kier molecular flexibility index (Phi) is 6.09. The normalized spacial score (nSPS) is 26.5. The van der Waals surface area contributed by atoms with Crippen molar-refractivity contribution in [1.29, 1.82) is 0 Å². The summed E-state index contributed by atoms with van der Waals surface area (Å²) in [4.78, 5) is 14.3. The third-order valence-electron chi connectivity index (χ3n) is 6.77. The number of amides is 1. The highest BCUT2D eigenvalue weighted by atomic mass is 28.4. The minimum absolute atomic E-state index is 0.135. The van der Waals surface area contributed by atoms with Crippen LogP contribution >= 0.6 is 0 Å². The van der Waals surface area contributed by atoms with Crippen molar-refractivity contribution >= 4 is 14.2 Å². The molecule has 0 aromatic rings. The lowest BCUT2D eigenvalue weighted by atomic mass is 9.76. The number of rotatable bonds is 6. The van der Waals surface area contributed by atoms with Gasteiger partial charge in [0.05, 0.1) is 0 Å². The van der Waals surface area contributed by atoms with Crippen LogP contribution < -0.4 is 0 Å². The Bertz CT molecular complexity index is 474. The lowest BCUT2D eigenvalue weighted by Gasteiger charge is -2.52. The van der Waals surface area contributed by atoms with Gasteiger partial charge in [-0.25, -0.2) is 0 Å². The van der Waals surface area contributed by atoms with E-state index < -0.39 is 14.1 Å². The van der Waals surface area contributed by atoms with E-state index in [2.05, 4.69) is 33.9 Å². The molecular weight excluding hydrogens is 334 g/mol. The molecule has 0 spiro atoms. The molecule has 6 heteroatoms. The van der Waals surface area contributed by atoms with Crippen LogP contribution in [0.15, 0.2) is 0 Å². The molecule has 2 atom stereocenters. The Morgan fingerprint density at radius 1 is 1.16 bits per heavy atom. The summed E-state index contributed by atoms with van der Waals surface area (Å²) in [6, 6.07) is 0.305. The maximum atomic E-state index is 12.3. The summed E-state index contributed by atoms with van der Waals surface area (Å²) in [6.07, 6.45) is 4.36. The number of carbonyl (C=O) groups is 1. The smallest absolute Gasteiger partial charge is 0.226 e. The summed E-state index contributed by atoms with van der Waals surface area (Å²) < 4.78 is 17.6. The van der Waals surface area contributed by atoms with Gasteiger partial charge < -0.3 is 18.8 Å². The predicted octanol–water partition coefficient (Wildman–Crippen LogP) is 4.13. The van der Waals surface area contributed by atoms with Crippen LogP contribution in [0.2, 0.25) is 18.1 Å². The van der Waals surface area contributed by atoms with Crippen molar-refractivity contribution in [2.24, 2.45) is 5.92 Å². The van der Waals surface area contributed by atoms with Crippen LogP contribution in [0.5, 0.6) is 0 Å². The molecule has 1 heterocycles. The molecule has 1 amide bonds. The first-order chi connectivity index (χ1) is 11.5. The molecule has 2 fully saturated rings. The molecule has 146 valence electrons. The second-order valence-corrected chi connectivity index (χ2v) is 14.0. The third kappa shape index (κ3) is 4.12. The van der Waals surface area contributed by atoms with Crippen LogP contribution in [0, 0.1) is 5.92 Å². The molecule has 0 N–H and O–H groups in total. The zero-order valence-electron chi connectivity index (χ0n) is 17.3. The van der Waals surface area contributed by atoms with E-state index in [0.717, 1.165) is 25.7 Å². The number of nitrogens with zero attached hydrogens (tertiary/aromatic N) is 1. The molecule has 5 nitrogen and oxygen atoms in total. The molecule has 1 aliphatic carbocycles. The first-order valence-electron chi connectivity index (χ1n) is 9.55. The average Bonchev–Trinajstić information content (AvgIpc) is 2.51. The highest BCUT2D eigenvalue weighted by molar-refractivity contribution is 6.74. The summed E-state index contributed by atoms with van der Waals surface area (Å²) >= 11 is 0. The third-order valence-corrected chi connectivity index (χ3v) is 11.3. The largest absolute Gasteiger partial charge is 0.397 e. The minimum atomic E-state index is -1.89. The van der Waals surface area contributed by atoms with Gasteiger partial charge in [-0.3, -0.25) is 4.79 Å². The summed E-state index contributed by atoms with van der Waals surface area (Å²) in [5, 5.41) is 0.145. The van der Waals surface area contributed by atoms with E-state index in [1.54, 1.807) is 14.2 Å². The number of likely N-dealkylation sites (tertiary alicyclic amines) is 1. The summed E-state index contributed by atoms with van der Waals surface area (Å²) in [5.74, 6) is 0.311. The Morgan fingerprint density at radius 2 is 1.68 bits per heavy atom. The Hall–Kier alpha value is -0.433. The molecule has 0 aromatic carbocycles.